The molecule has 1 fully saturated rings. The Balaban J connectivity index is 0.000000236. The van der Waals surface area contributed by atoms with Crippen LogP contribution in [0.2, 0.25) is 0 Å². The normalized spacial score (nSPS) is 18.4. The highest BCUT2D eigenvalue weighted by atomic mass is 16.3. The third-order valence-electron chi connectivity index (χ3n) is 5.98. The lowest BCUT2D eigenvalue weighted by Gasteiger charge is -2.33. The maximum atomic E-state index is 10.0. The van der Waals surface area contributed by atoms with Gasteiger partial charge in [-0.05, 0) is 41.7 Å². The van der Waals surface area contributed by atoms with Gasteiger partial charge in [0.25, 0.3) is 0 Å². The summed E-state index contributed by atoms with van der Waals surface area (Å²) in [6.45, 7) is 10.4. The lowest BCUT2D eigenvalue weighted by Crippen LogP contribution is -2.31. The number of hydrogen-bond donors (Lipinski definition) is 2. The van der Waals surface area contributed by atoms with Gasteiger partial charge in [-0.25, -0.2) is 0 Å². The van der Waals surface area contributed by atoms with Crippen LogP contribution < -0.4 is 0 Å². The molecule has 0 bridgehead atoms. The average molecular weight is 475 g/mol. The van der Waals surface area contributed by atoms with Crippen LogP contribution in [0.1, 0.15) is 61.5 Å². The molecule has 3 aromatic carbocycles. The van der Waals surface area contributed by atoms with Crippen molar-refractivity contribution in [2.75, 3.05) is 0 Å². The van der Waals surface area contributed by atoms with Crippen LogP contribution in [0.4, 0.5) is 0 Å². The van der Waals surface area contributed by atoms with Gasteiger partial charge in [0.15, 0.2) is 0 Å². The van der Waals surface area contributed by atoms with Crippen molar-refractivity contribution in [2.45, 2.75) is 52.7 Å². The Kier molecular flexibility index (Phi) is 15.7. The first-order valence-electron chi connectivity index (χ1n) is 12.4. The van der Waals surface area contributed by atoms with E-state index in [-0.39, 0.29) is 12.7 Å². The highest BCUT2D eigenvalue weighted by Gasteiger charge is 2.28. The maximum absolute atomic E-state index is 10.0. The van der Waals surface area contributed by atoms with Gasteiger partial charge in [-0.3, -0.25) is 4.79 Å². The second kappa shape index (κ2) is 18.3. The molecule has 3 aromatic rings. The van der Waals surface area contributed by atoms with E-state index in [4.69, 9.17) is 5.11 Å². The fourth-order valence-electron chi connectivity index (χ4n) is 3.86. The molecular formula is C32H42O3. The van der Waals surface area contributed by atoms with Crippen molar-refractivity contribution in [2.24, 2.45) is 17.8 Å². The van der Waals surface area contributed by atoms with Gasteiger partial charge < -0.3 is 10.2 Å². The Morgan fingerprint density at radius 1 is 0.857 bits per heavy atom. The standard InChI is InChI=1S/C10H20O.C8H8.C7H8O.C7H6O/c1-7(2)9-5-4-8(3)6-10(9)11;1-2-8-6-4-3-5-7-8;2*8-6-7-4-2-1-3-5-7/h7-11H,4-6H2,1-3H3;2-7H,1H2;1-5,8H,6H2;1-6H. The molecule has 4 rings (SSSR count). The molecule has 188 valence electrons. The van der Waals surface area contributed by atoms with Gasteiger partial charge >= 0.3 is 0 Å². The summed E-state index contributed by atoms with van der Waals surface area (Å²) >= 11 is 0. The van der Waals surface area contributed by atoms with Crippen molar-refractivity contribution in [3.05, 3.63) is 114 Å². The first-order chi connectivity index (χ1) is 16.9. The van der Waals surface area contributed by atoms with E-state index in [1.807, 2.05) is 84.9 Å². The quantitative estimate of drug-likeness (QED) is 0.386. The fourth-order valence-corrected chi connectivity index (χ4v) is 3.86. The molecule has 0 spiro atoms. The van der Waals surface area contributed by atoms with Gasteiger partial charge in [-0.15, -0.1) is 0 Å². The number of benzene rings is 3. The summed E-state index contributed by atoms with van der Waals surface area (Å²) in [4.78, 5) is 10.0. The number of aldehydes is 1. The lowest BCUT2D eigenvalue weighted by atomic mass is 9.75. The van der Waals surface area contributed by atoms with Gasteiger partial charge in [0.1, 0.15) is 6.29 Å². The summed E-state index contributed by atoms with van der Waals surface area (Å²) in [6, 6.07) is 28.7. The zero-order valence-electron chi connectivity index (χ0n) is 21.5. The van der Waals surface area contributed by atoms with E-state index in [2.05, 4.69) is 27.4 Å². The van der Waals surface area contributed by atoms with E-state index < -0.39 is 0 Å². The van der Waals surface area contributed by atoms with Gasteiger partial charge in [0, 0.05) is 5.56 Å². The van der Waals surface area contributed by atoms with Crippen molar-refractivity contribution < 1.29 is 15.0 Å². The second-order valence-electron chi connectivity index (χ2n) is 9.18. The smallest absolute Gasteiger partial charge is 0.150 e. The van der Waals surface area contributed by atoms with Crippen LogP contribution >= 0.6 is 0 Å². The first kappa shape index (κ1) is 30.0. The SMILES string of the molecule is C=Cc1ccccc1.CC1CCC(C(C)C)C(O)C1.O=Cc1ccccc1.OCc1ccccc1. The number of hydrogen-bond acceptors (Lipinski definition) is 3. The van der Waals surface area contributed by atoms with Crippen LogP contribution in [0.25, 0.3) is 6.08 Å². The number of carbonyl (C=O) groups is 1. The molecule has 0 radical (unpaired) electrons. The van der Waals surface area contributed by atoms with E-state index in [1.54, 1.807) is 12.1 Å². The van der Waals surface area contributed by atoms with Crippen LogP contribution in [-0.2, 0) is 6.61 Å². The number of aliphatic hydroxyl groups is 2. The van der Waals surface area contributed by atoms with Gasteiger partial charge in [-0.1, -0.05) is 131 Å². The molecule has 0 amide bonds. The van der Waals surface area contributed by atoms with Crippen LogP contribution in [0.15, 0.2) is 97.6 Å². The Morgan fingerprint density at radius 2 is 1.34 bits per heavy atom. The molecule has 3 heteroatoms. The van der Waals surface area contributed by atoms with Crippen molar-refractivity contribution in [3.63, 3.8) is 0 Å². The molecule has 2 N–H and O–H groups in total. The van der Waals surface area contributed by atoms with Crippen LogP contribution in [-0.4, -0.2) is 22.6 Å². The van der Waals surface area contributed by atoms with Crippen molar-refractivity contribution in [3.8, 4) is 0 Å². The zero-order chi connectivity index (χ0) is 25.9. The largest absolute Gasteiger partial charge is 0.393 e. The highest BCUT2D eigenvalue weighted by Crippen LogP contribution is 2.33. The molecule has 3 unspecified atom stereocenters. The number of rotatable bonds is 4. The van der Waals surface area contributed by atoms with Crippen molar-refractivity contribution in [1.82, 2.24) is 0 Å². The topological polar surface area (TPSA) is 57.5 Å². The minimum atomic E-state index is -0.0289. The van der Waals surface area contributed by atoms with Gasteiger partial charge in [-0.2, -0.15) is 0 Å². The summed E-state index contributed by atoms with van der Waals surface area (Å²) in [5, 5.41) is 18.2. The Bertz CT molecular complexity index is 864. The third-order valence-corrected chi connectivity index (χ3v) is 5.98. The van der Waals surface area contributed by atoms with Gasteiger partial charge in [0.05, 0.1) is 12.7 Å². The van der Waals surface area contributed by atoms with E-state index in [1.165, 1.54) is 18.4 Å². The van der Waals surface area contributed by atoms with Gasteiger partial charge in [0.2, 0.25) is 0 Å². The van der Waals surface area contributed by atoms with E-state index in [0.717, 1.165) is 29.8 Å². The molecule has 3 nitrogen and oxygen atoms in total. The third kappa shape index (κ3) is 13.5. The molecular weight excluding hydrogens is 432 g/mol. The first-order valence-corrected chi connectivity index (χ1v) is 12.4. The predicted molar refractivity (Wildman–Crippen MR) is 148 cm³/mol. The minimum Gasteiger partial charge on any atom is -0.393 e. The number of aliphatic hydroxyl groups excluding tert-OH is 2. The molecule has 0 aromatic heterocycles. The lowest BCUT2D eigenvalue weighted by molar-refractivity contribution is 0.0266. The van der Waals surface area contributed by atoms with E-state index in [0.29, 0.717) is 11.8 Å². The maximum Gasteiger partial charge on any atom is 0.150 e. The van der Waals surface area contributed by atoms with Crippen LogP contribution in [0, 0.1) is 17.8 Å². The van der Waals surface area contributed by atoms with Crippen LogP contribution in [0.3, 0.4) is 0 Å². The van der Waals surface area contributed by atoms with E-state index >= 15 is 0 Å². The minimum absolute atomic E-state index is 0.0289. The predicted octanol–water partition coefficient (Wildman–Crippen LogP) is 7.45. The summed E-state index contributed by atoms with van der Waals surface area (Å²) in [6.07, 6.45) is 6.18. The summed E-state index contributed by atoms with van der Waals surface area (Å²) in [5.74, 6) is 1.95. The molecule has 35 heavy (non-hydrogen) atoms. The highest BCUT2D eigenvalue weighted by molar-refractivity contribution is 5.74. The second-order valence-corrected chi connectivity index (χ2v) is 9.18. The Labute approximate surface area is 212 Å². The Hall–Kier alpha value is -3.01. The molecule has 1 aliphatic carbocycles. The number of carbonyl (C=O) groups excluding carboxylic acids is 1. The molecule has 1 aliphatic rings. The van der Waals surface area contributed by atoms with E-state index in [9.17, 15) is 9.90 Å². The molecule has 0 heterocycles. The monoisotopic (exact) mass is 474 g/mol. The summed E-state index contributed by atoms with van der Waals surface area (Å²) in [7, 11) is 0. The Morgan fingerprint density at radius 3 is 1.66 bits per heavy atom. The molecule has 3 atom stereocenters. The summed E-state index contributed by atoms with van der Waals surface area (Å²) in [5.41, 5.74) is 2.87. The van der Waals surface area contributed by atoms with Crippen molar-refractivity contribution in [1.29, 1.82) is 0 Å². The zero-order valence-corrected chi connectivity index (χ0v) is 21.5. The molecule has 0 saturated heterocycles. The molecule has 0 aliphatic heterocycles. The fraction of sp³-hybridized carbons (Fsp3) is 0.344. The van der Waals surface area contributed by atoms with Crippen LogP contribution in [0.5, 0.6) is 0 Å². The average Bonchev–Trinajstić information content (AvgIpc) is 2.91. The van der Waals surface area contributed by atoms with Crippen molar-refractivity contribution >= 4 is 12.4 Å². The summed E-state index contributed by atoms with van der Waals surface area (Å²) < 4.78 is 0. The molecule has 1 saturated carbocycles.